The number of aromatic amines is 2. The number of fused-ring (bicyclic) bond motifs is 1. The Morgan fingerprint density at radius 2 is 1.85 bits per heavy atom. The van der Waals surface area contributed by atoms with Crippen LogP contribution in [0.25, 0.3) is 0 Å². The molecule has 2 aromatic rings. The summed E-state index contributed by atoms with van der Waals surface area (Å²) in [6, 6.07) is 7.65. The maximum absolute atomic E-state index is 13.0. The third-order valence-electron chi connectivity index (χ3n) is 4.83. The van der Waals surface area contributed by atoms with Crippen molar-refractivity contribution >= 4 is 33.9 Å². The van der Waals surface area contributed by atoms with E-state index < -0.39 is 5.92 Å². The van der Waals surface area contributed by atoms with E-state index in [9.17, 15) is 9.59 Å². The SMILES string of the molecule is CC1(C)CC(=O)C2=C(C1)Oc1[nH]c(=S)[nH]c(=O)c1C2c1ccc(Br)cc1. The van der Waals surface area contributed by atoms with E-state index in [-0.39, 0.29) is 21.5 Å². The molecule has 5 nitrogen and oxygen atoms in total. The standard InChI is InChI=1S/C19H17BrN2O3S/c1-19(2)7-11(23)14-12(8-19)25-17-15(16(24)21-18(26)22-17)13(14)9-3-5-10(20)6-4-9/h3-6,13H,7-8H2,1-2H3,(H2,21,22,24,26). The number of Topliss-reactive ketones (excluding diaryl/α,β-unsaturated/α-hetero) is 1. The van der Waals surface area contributed by atoms with Crippen molar-refractivity contribution in [3.63, 3.8) is 0 Å². The molecule has 2 N–H and O–H groups in total. The predicted molar refractivity (Wildman–Crippen MR) is 104 cm³/mol. The molecule has 0 bridgehead atoms. The maximum atomic E-state index is 13.0. The molecule has 26 heavy (non-hydrogen) atoms. The topological polar surface area (TPSA) is 75.0 Å². The Bertz CT molecular complexity index is 1060. The normalized spacial score (nSPS) is 21.0. The minimum atomic E-state index is -0.471. The lowest BCUT2D eigenvalue weighted by Crippen LogP contribution is -2.35. The van der Waals surface area contributed by atoms with Crippen LogP contribution in [0.2, 0.25) is 0 Å². The molecule has 134 valence electrons. The van der Waals surface area contributed by atoms with Gasteiger partial charge < -0.3 is 9.72 Å². The van der Waals surface area contributed by atoms with Gasteiger partial charge in [0.2, 0.25) is 5.88 Å². The number of halogens is 1. The zero-order valence-electron chi connectivity index (χ0n) is 14.3. The van der Waals surface area contributed by atoms with Gasteiger partial charge in [-0.3, -0.25) is 14.6 Å². The third kappa shape index (κ3) is 2.89. The molecule has 1 aromatic carbocycles. The van der Waals surface area contributed by atoms with Crippen LogP contribution in [-0.4, -0.2) is 15.8 Å². The van der Waals surface area contributed by atoms with Crippen molar-refractivity contribution in [2.75, 3.05) is 0 Å². The molecule has 1 aliphatic heterocycles. The van der Waals surface area contributed by atoms with Crippen LogP contribution in [-0.2, 0) is 4.79 Å². The van der Waals surface area contributed by atoms with E-state index in [0.29, 0.717) is 35.6 Å². The quantitative estimate of drug-likeness (QED) is 0.656. The highest BCUT2D eigenvalue weighted by Crippen LogP contribution is 2.48. The lowest BCUT2D eigenvalue weighted by atomic mass is 9.70. The van der Waals surface area contributed by atoms with Gasteiger partial charge in [-0.1, -0.05) is 41.9 Å². The Hall–Kier alpha value is -1.99. The van der Waals surface area contributed by atoms with Gasteiger partial charge in [0.25, 0.3) is 5.56 Å². The van der Waals surface area contributed by atoms with Crippen LogP contribution in [0.15, 0.2) is 44.9 Å². The van der Waals surface area contributed by atoms with Gasteiger partial charge in [0, 0.05) is 22.9 Å². The van der Waals surface area contributed by atoms with Gasteiger partial charge in [-0.2, -0.15) is 0 Å². The van der Waals surface area contributed by atoms with Crippen molar-refractivity contribution in [3.8, 4) is 5.88 Å². The van der Waals surface area contributed by atoms with Gasteiger partial charge in [-0.15, -0.1) is 0 Å². The Morgan fingerprint density at radius 1 is 1.15 bits per heavy atom. The fourth-order valence-corrected chi connectivity index (χ4v) is 4.21. The van der Waals surface area contributed by atoms with Crippen LogP contribution < -0.4 is 10.3 Å². The zero-order chi connectivity index (χ0) is 18.6. The average Bonchev–Trinajstić information content (AvgIpc) is 2.52. The van der Waals surface area contributed by atoms with Crippen molar-refractivity contribution in [2.45, 2.75) is 32.6 Å². The second-order valence-electron chi connectivity index (χ2n) is 7.52. The Kier molecular flexibility index (Phi) is 4.04. The second-order valence-corrected chi connectivity index (χ2v) is 8.84. The molecule has 1 aromatic heterocycles. The number of nitrogens with one attached hydrogen (secondary N) is 2. The predicted octanol–water partition coefficient (Wildman–Crippen LogP) is 4.36. The first-order chi connectivity index (χ1) is 12.2. The molecule has 0 saturated carbocycles. The van der Waals surface area contributed by atoms with Crippen LogP contribution in [0, 0.1) is 10.2 Å². The minimum Gasteiger partial charge on any atom is -0.444 e. The van der Waals surface area contributed by atoms with Gasteiger partial charge in [-0.05, 0) is 35.3 Å². The molecule has 0 saturated heterocycles. The molecule has 2 heterocycles. The number of carbonyl (C=O) groups is 1. The molecule has 0 amide bonds. The summed E-state index contributed by atoms with van der Waals surface area (Å²) in [5.41, 5.74) is 1.33. The fraction of sp³-hybridized carbons (Fsp3) is 0.316. The lowest BCUT2D eigenvalue weighted by Gasteiger charge is -2.37. The summed E-state index contributed by atoms with van der Waals surface area (Å²) < 4.78 is 7.12. The van der Waals surface area contributed by atoms with Crippen LogP contribution in [0.3, 0.4) is 0 Å². The van der Waals surface area contributed by atoms with Gasteiger partial charge >= 0.3 is 0 Å². The number of ketones is 1. The third-order valence-corrected chi connectivity index (χ3v) is 5.56. The fourth-order valence-electron chi connectivity index (χ4n) is 3.76. The maximum Gasteiger partial charge on any atom is 0.259 e. The van der Waals surface area contributed by atoms with Gasteiger partial charge in [0.15, 0.2) is 10.6 Å². The van der Waals surface area contributed by atoms with Crippen LogP contribution in [0.5, 0.6) is 5.88 Å². The Morgan fingerprint density at radius 3 is 2.54 bits per heavy atom. The van der Waals surface area contributed by atoms with Crippen molar-refractivity contribution < 1.29 is 9.53 Å². The molecule has 4 rings (SSSR count). The molecule has 1 unspecified atom stereocenters. The number of H-pyrrole nitrogens is 2. The second kappa shape index (κ2) is 6.03. The number of ether oxygens (including phenoxy) is 1. The summed E-state index contributed by atoms with van der Waals surface area (Å²) in [5, 5.41) is 0. The van der Waals surface area contributed by atoms with Crippen molar-refractivity contribution in [1.29, 1.82) is 0 Å². The number of hydrogen-bond acceptors (Lipinski definition) is 4. The van der Waals surface area contributed by atoms with Crippen LogP contribution in [0.4, 0.5) is 0 Å². The Balaban J connectivity index is 2.00. The molecule has 0 radical (unpaired) electrons. The number of aromatic nitrogens is 2. The minimum absolute atomic E-state index is 0.0247. The molecular weight excluding hydrogens is 416 g/mol. The summed E-state index contributed by atoms with van der Waals surface area (Å²) in [5.74, 6) is 0.511. The summed E-state index contributed by atoms with van der Waals surface area (Å²) in [7, 11) is 0. The molecule has 1 atom stereocenters. The van der Waals surface area contributed by atoms with E-state index in [4.69, 9.17) is 17.0 Å². The first-order valence-electron chi connectivity index (χ1n) is 8.31. The number of allylic oxidation sites excluding steroid dienone is 2. The highest BCUT2D eigenvalue weighted by atomic mass is 79.9. The molecule has 7 heteroatoms. The van der Waals surface area contributed by atoms with Crippen molar-refractivity contribution in [2.24, 2.45) is 5.41 Å². The summed E-state index contributed by atoms with van der Waals surface area (Å²) in [4.78, 5) is 31.2. The molecule has 2 aliphatic rings. The van der Waals surface area contributed by atoms with E-state index in [2.05, 4.69) is 25.9 Å². The zero-order valence-corrected chi connectivity index (χ0v) is 16.7. The largest absolute Gasteiger partial charge is 0.444 e. The van der Waals surface area contributed by atoms with E-state index in [1.807, 2.05) is 38.1 Å². The van der Waals surface area contributed by atoms with Crippen LogP contribution >= 0.6 is 28.1 Å². The monoisotopic (exact) mass is 432 g/mol. The van der Waals surface area contributed by atoms with Gasteiger partial charge in [0.1, 0.15) is 5.76 Å². The Labute approximate surface area is 163 Å². The first-order valence-corrected chi connectivity index (χ1v) is 9.51. The van der Waals surface area contributed by atoms with Gasteiger partial charge in [-0.25, -0.2) is 0 Å². The van der Waals surface area contributed by atoms with Crippen molar-refractivity contribution in [1.82, 2.24) is 9.97 Å². The number of benzene rings is 1. The molecule has 0 fully saturated rings. The van der Waals surface area contributed by atoms with Gasteiger partial charge in [0.05, 0.1) is 11.5 Å². The highest BCUT2D eigenvalue weighted by Gasteiger charge is 2.43. The molecule has 0 spiro atoms. The summed E-state index contributed by atoms with van der Waals surface area (Å²) in [6.07, 6.45) is 1.06. The highest BCUT2D eigenvalue weighted by molar-refractivity contribution is 9.10. The van der Waals surface area contributed by atoms with E-state index in [1.54, 1.807) is 0 Å². The molecule has 1 aliphatic carbocycles. The average molecular weight is 433 g/mol. The number of carbonyl (C=O) groups excluding carboxylic acids is 1. The molecular formula is C19H17BrN2O3S. The smallest absolute Gasteiger partial charge is 0.259 e. The lowest BCUT2D eigenvalue weighted by molar-refractivity contribution is -0.118. The van der Waals surface area contributed by atoms with E-state index >= 15 is 0 Å². The van der Waals surface area contributed by atoms with Crippen molar-refractivity contribution in [3.05, 3.63) is 66.3 Å². The van der Waals surface area contributed by atoms with E-state index in [0.717, 1.165) is 10.0 Å². The van der Waals surface area contributed by atoms with Crippen LogP contribution in [0.1, 0.15) is 43.7 Å². The number of rotatable bonds is 1. The summed E-state index contributed by atoms with van der Waals surface area (Å²) in [6.45, 7) is 4.09. The first kappa shape index (κ1) is 17.4. The number of hydrogen-bond donors (Lipinski definition) is 2. The summed E-state index contributed by atoms with van der Waals surface area (Å²) >= 11 is 8.52. The van der Waals surface area contributed by atoms with E-state index in [1.165, 1.54) is 0 Å².